The van der Waals surface area contributed by atoms with Crippen LogP contribution < -0.4 is 10.4 Å². The van der Waals surface area contributed by atoms with E-state index in [1.165, 1.54) is 0 Å². The molecule has 0 spiro atoms. The summed E-state index contributed by atoms with van der Waals surface area (Å²) in [5.41, 5.74) is 0.171. The number of aromatic nitrogens is 2. The Morgan fingerprint density at radius 1 is 1.32 bits per heavy atom. The zero-order valence-electron chi connectivity index (χ0n) is 11.2. The molecule has 0 unspecified atom stereocenters. The Morgan fingerprint density at radius 3 is 2.59 bits per heavy atom. The van der Waals surface area contributed by atoms with Crippen molar-refractivity contribution in [2.24, 2.45) is 0 Å². The van der Waals surface area contributed by atoms with Gasteiger partial charge in [-0.1, -0.05) is 30.3 Å². The lowest BCUT2D eigenvalue weighted by Gasteiger charge is -2.33. The quantitative estimate of drug-likeness (QED) is 0.920. The van der Waals surface area contributed by atoms with Crippen molar-refractivity contribution >= 4 is 11.8 Å². The molecule has 1 aromatic heterocycles. The second-order valence-electron chi connectivity index (χ2n) is 5.05. The van der Waals surface area contributed by atoms with E-state index in [1.807, 2.05) is 0 Å². The van der Waals surface area contributed by atoms with E-state index in [0.29, 0.717) is 10.2 Å². The summed E-state index contributed by atoms with van der Waals surface area (Å²) in [6.07, 6.45) is -4.80. The molecule has 1 N–H and O–H groups in total. The Bertz CT molecular complexity index is 697. The van der Waals surface area contributed by atoms with E-state index in [9.17, 15) is 23.1 Å². The van der Waals surface area contributed by atoms with Crippen LogP contribution in [0.1, 0.15) is 34.6 Å². The molecule has 1 aliphatic heterocycles. The summed E-state index contributed by atoms with van der Waals surface area (Å²) in [7, 11) is 0. The van der Waals surface area contributed by atoms with Gasteiger partial charge in [0.25, 0.3) is 0 Å². The van der Waals surface area contributed by atoms with Gasteiger partial charge in [0.05, 0.1) is 12.0 Å². The average Bonchev–Trinajstić information content (AvgIpc) is 2.90. The largest absolute Gasteiger partial charge is 0.543 e. The van der Waals surface area contributed by atoms with Gasteiger partial charge in [-0.2, -0.15) is 18.3 Å². The highest BCUT2D eigenvalue weighted by atomic mass is 19.4. The van der Waals surface area contributed by atoms with Crippen molar-refractivity contribution in [2.75, 3.05) is 5.32 Å². The van der Waals surface area contributed by atoms with Crippen molar-refractivity contribution in [1.29, 1.82) is 0 Å². The Labute approximate surface area is 123 Å². The molecule has 8 heteroatoms. The van der Waals surface area contributed by atoms with Crippen molar-refractivity contribution in [3.8, 4) is 0 Å². The number of aromatic carboxylic acids is 1. The first-order valence-corrected chi connectivity index (χ1v) is 6.55. The van der Waals surface area contributed by atoms with Crippen LogP contribution in [0.4, 0.5) is 19.0 Å². The summed E-state index contributed by atoms with van der Waals surface area (Å²) < 4.78 is 40.5. The van der Waals surface area contributed by atoms with Crippen molar-refractivity contribution in [2.45, 2.75) is 24.7 Å². The zero-order chi connectivity index (χ0) is 15.9. The maximum Gasteiger partial charge on any atom is 0.410 e. The zero-order valence-corrected chi connectivity index (χ0v) is 11.2. The van der Waals surface area contributed by atoms with Gasteiger partial charge in [0.2, 0.25) is 0 Å². The predicted molar refractivity (Wildman–Crippen MR) is 69.1 cm³/mol. The molecule has 2 atom stereocenters. The number of anilines is 1. The second kappa shape index (κ2) is 5.04. The molecule has 1 aliphatic rings. The molecule has 0 fully saturated rings. The molecular weight excluding hydrogens is 299 g/mol. The molecule has 5 nitrogen and oxygen atoms in total. The summed E-state index contributed by atoms with van der Waals surface area (Å²) in [6.45, 7) is 0. The van der Waals surface area contributed by atoms with Crippen molar-refractivity contribution in [3.05, 3.63) is 47.7 Å². The lowest BCUT2D eigenvalue weighted by molar-refractivity contribution is -0.255. The monoisotopic (exact) mass is 310 g/mol. The van der Waals surface area contributed by atoms with Crippen molar-refractivity contribution < 1.29 is 23.1 Å². The first-order chi connectivity index (χ1) is 10.4. The van der Waals surface area contributed by atoms with Gasteiger partial charge in [0.1, 0.15) is 11.5 Å². The Hall–Kier alpha value is -2.51. The van der Waals surface area contributed by atoms with Gasteiger partial charge in [-0.15, -0.1) is 0 Å². The first-order valence-electron chi connectivity index (χ1n) is 6.55. The molecule has 2 heterocycles. The van der Waals surface area contributed by atoms with Crippen molar-refractivity contribution in [1.82, 2.24) is 9.78 Å². The van der Waals surface area contributed by atoms with Gasteiger partial charge in [0, 0.05) is 12.5 Å². The van der Waals surface area contributed by atoms with Crippen LogP contribution in [0.25, 0.3) is 0 Å². The van der Waals surface area contributed by atoms with Crippen LogP contribution >= 0.6 is 0 Å². The van der Waals surface area contributed by atoms with Crippen molar-refractivity contribution in [3.63, 3.8) is 0 Å². The van der Waals surface area contributed by atoms with Gasteiger partial charge in [-0.25, -0.2) is 4.68 Å². The minimum Gasteiger partial charge on any atom is -0.543 e. The predicted octanol–water partition coefficient (Wildman–Crippen LogP) is 1.91. The number of hydrogen-bond acceptors (Lipinski definition) is 4. The lowest BCUT2D eigenvalue weighted by Crippen LogP contribution is -2.35. The van der Waals surface area contributed by atoms with E-state index in [-0.39, 0.29) is 12.2 Å². The molecule has 116 valence electrons. The van der Waals surface area contributed by atoms with Gasteiger partial charge < -0.3 is 15.2 Å². The number of nitrogens with zero attached hydrogens (tertiary/aromatic N) is 2. The van der Waals surface area contributed by atoms with Crippen LogP contribution in [0, 0.1) is 0 Å². The number of carboxylic acids is 1. The Balaban J connectivity index is 2.03. The molecule has 22 heavy (non-hydrogen) atoms. The molecule has 2 aromatic rings. The number of rotatable bonds is 2. The third-order valence-corrected chi connectivity index (χ3v) is 3.60. The van der Waals surface area contributed by atoms with E-state index in [2.05, 4.69) is 10.4 Å². The van der Waals surface area contributed by atoms with Gasteiger partial charge in [-0.05, 0) is 5.56 Å². The fourth-order valence-electron chi connectivity index (χ4n) is 2.58. The van der Waals surface area contributed by atoms with Crippen LogP contribution in [0.5, 0.6) is 0 Å². The number of hydrogen-bond donors (Lipinski definition) is 1. The molecule has 0 saturated heterocycles. The van der Waals surface area contributed by atoms with Crippen LogP contribution in [-0.2, 0) is 0 Å². The fourth-order valence-corrected chi connectivity index (χ4v) is 2.58. The number of alkyl halides is 3. The van der Waals surface area contributed by atoms with Crippen LogP contribution in [0.2, 0.25) is 0 Å². The average molecular weight is 310 g/mol. The van der Waals surface area contributed by atoms with E-state index >= 15 is 0 Å². The highest BCUT2D eigenvalue weighted by Gasteiger charge is 2.46. The molecule has 0 aliphatic carbocycles. The number of fused-ring (bicyclic) bond motifs is 1. The molecule has 0 bridgehead atoms. The minimum absolute atomic E-state index is 0.0154. The molecular formula is C14H11F3N3O2-. The highest BCUT2D eigenvalue weighted by Crippen LogP contribution is 2.43. The summed E-state index contributed by atoms with van der Waals surface area (Å²) in [4.78, 5) is 10.8. The first kappa shape index (κ1) is 14.4. The number of carbonyl (C=O) groups is 1. The van der Waals surface area contributed by atoms with Gasteiger partial charge in [0.15, 0.2) is 6.04 Å². The topological polar surface area (TPSA) is 70.0 Å². The SMILES string of the molecule is O=C([O-])c1cc2n(n1)[C@@H](C(F)(F)F)C[C@@H](c1ccccc1)N2. The van der Waals surface area contributed by atoms with Gasteiger partial charge >= 0.3 is 6.18 Å². The molecule has 3 rings (SSSR count). The molecule has 0 radical (unpaired) electrons. The Morgan fingerprint density at radius 2 is 2.00 bits per heavy atom. The number of halogens is 3. The third kappa shape index (κ3) is 2.51. The molecule has 0 amide bonds. The van der Waals surface area contributed by atoms with E-state index in [0.717, 1.165) is 6.07 Å². The summed E-state index contributed by atoms with van der Waals surface area (Å²) in [6, 6.07) is 7.27. The number of carboxylic acid groups (broad SMARTS) is 1. The second-order valence-corrected chi connectivity index (χ2v) is 5.05. The van der Waals surface area contributed by atoms with Gasteiger partial charge in [-0.3, -0.25) is 0 Å². The summed E-state index contributed by atoms with van der Waals surface area (Å²) >= 11 is 0. The summed E-state index contributed by atoms with van der Waals surface area (Å²) in [5, 5.41) is 17.2. The number of carbonyl (C=O) groups excluding carboxylic acids is 1. The maximum absolute atomic E-state index is 13.3. The summed E-state index contributed by atoms with van der Waals surface area (Å²) in [5.74, 6) is -1.59. The number of benzene rings is 1. The number of nitrogens with one attached hydrogen (secondary N) is 1. The van der Waals surface area contributed by atoms with Crippen LogP contribution in [-0.4, -0.2) is 21.9 Å². The van der Waals surface area contributed by atoms with Crippen LogP contribution in [0.15, 0.2) is 36.4 Å². The standard InChI is InChI=1S/C14H12F3N3O2/c15-14(16,17)11-6-9(8-4-2-1-3-5-8)18-12-7-10(13(21)22)19-20(11)12/h1-5,7,9,11,18H,6H2,(H,21,22)/p-1/t9-,11+/m0/s1. The normalized spacial score (nSPS) is 21.0. The highest BCUT2D eigenvalue weighted by molar-refractivity contribution is 5.84. The maximum atomic E-state index is 13.3. The Kier molecular flexibility index (Phi) is 3.31. The third-order valence-electron chi connectivity index (χ3n) is 3.60. The van der Waals surface area contributed by atoms with E-state index < -0.39 is 29.9 Å². The van der Waals surface area contributed by atoms with E-state index in [1.54, 1.807) is 30.3 Å². The smallest absolute Gasteiger partial charge is 0.410 e. The fraction of sp³-hybridized carbons (Fsp3) is 0.286. The molecule has 1 aromatic carbocycles. The lowest BCUT2D eigenvalue weighted by atomic mass is 9.97. The molecule has 0 saturated carbocycles. The van der Waals surface area contributed by atoms with Crippen LogP contribution in [0.3, 0.4) is 0 Å². The van der Waals surface area contributed by atoms with E-state index in [4.69, 9.17) is 0 Å². The minimum atomic E-state index is -4.53.